The summed E-state index contributed by atoms with van der Waals surface area (Å²) in [5.74, 6) is -0.287. The van der Waals surface area contributed by atoms with E-state index in [-0.39, 0.29) is 17.9 Å². The Balaban J connectivity index is 2.27. The molecule has 1 fully saturated rings. The molecule has 2 amide bonds. The number of piperidine rings is 1. The summed E-state index contributed by atoms with van der Waals surface area (Å²) in [6, 6.07) is 5.12. The van der Waals surface area contributed by atoms with E-state index in [2.05, 4.69) is 10.2 Å². The minimum Gasteiger partial charge on any atom is -0.371 e. The van der Waals surface area contributed by atoms with E-state index in [0.717, 1.165) is 31.6 Å². The molecule has 1 aliphatic heterocycles. The predicted molar refractivity (Wildman–Crippen MR) is 102 cm³/mol. The van der Waals surface area contributed by atoms with E-state index in [9.17, 15) is 9.59 Å². The molecule has 6 heteroatoms. The first-order valence-electron chi connectivity index (χ1n) is 8.97. The first-order chi connectivity index (χ1) is 11.8. The van der Waals surface area contributed by atoms with Crippen molar-refractivity contribution in [2.24, 2.45) is 11.7 Å². The number of hydrogen-bond acceptors (Lipinski definition) is 4. The van der Waals surface area contributed by atoms with Gasteiger partial charge in [-0.05, 0) is 57.5 Å². The number of amides is 2. The third-order valence-electron chi connectivity index (χ3n) is 4.68. The second-order valence-corrected chi connectivity index (χ2v) is 7.29. The molecule has 0 aromatic heterocycles. The standard InChI is InChI=1S/C19H30N4O2/c1-13(2)17(22(3)4)19(25)21-14-8-9-15(18(20)24)16(12-14)23-10-6-5-7-11-23/h8-9,12-13,17H,5-7,10-11H2,1-4H3,(H2,20,24)(H,21,25)/t17-/m0/s1. The van der Waals surface area contributed by atoms with Gasteiger partial charge in [0.05, 0.1) is 17.3 Å². The number of anilines is 2. The van der Waals surface area contributed by atoms with Crippen LogP contribution >= 0.6 is 0 Å². The Hall–Kier alpha value is -2.08. The maximum atomic E-state index is 12.6. The summed E-state index contributed by atoms with van der Waals surface area (Å²) in [5, 5.41) is 2.99. The van der Waals surface area contributed by atoms with Crippen LogP contribution < -0.4 is 16.0 Å². The van der Waals surface area contributed by atoms with Gasteiger partial charge in [0.1, 0.15) is 0 Å². The lowest BCUT2D eigenvalue weighted by atomic mass is 10.0. The minimum absolute atomic E-state index is 0.0450. The van der Waals surface area contributed by atoms with Crippen LogP contribution in [0, 0.1) is 5.92 Å². The molecule has 6 nitrogen and oxygen atoms in total. The average Bonchev–Trinajstić information content (AvgIpc) is 2.54. The van der Waals surface area contributed by atoms with Gasteiger partial charge in [-0.1, -0.05) is 13.8 Å². The molecule has 1 aliphatic rings. The zero-order valence-electron chi connectivity index (χ0n) is 15.7. The Labute approximate surface area is 150 Å². The highest BCUT2D eigenvalue weighted by Crippen LogP contribution is 2.28. The van der Waals surface area contributed by atoms with E-state index in [1.165, 1.54) is 6.42 Å². The Kier molecular flexibility index (Phi) is 6.42. The summed E-state index contributed by atoms with van der Waals surface area (Å²) in [6.07, 6.45) is 3.41. The molecule has 0 saturated carbocycles. The van der Waals surface area contributed by atoms with Crippen LogP contribution in [-0.4, -0.2) is 49.9 Å². The summed E-state index contributed by atoms with van der Waals surface area (Å²) in [6.45, 7) is 5.87. The van der Waals surface area contributed by atoms with Crippen molar-refractivity contribution in [2.75, 3.05) is 37.4 Å². The summed E-state index contributed by atoms with van der Waals surface area (Å²) in [4.78, 5) is 28.5. The molecule has 1 aromatic rings. The van der Waals surface area contributed by atoms with Crippen molar-refractivity contribution in [3.63, 3.8) is 0 Å². The van der Waals surface area contributed by atoms with Crippen LogP contribution in [0.3, 0.4) is 0 Å². The van der Waals surface area contributed by atoms with Crippen molar-refractivity contribution < 1.29 is 9.59 Å². The topological polar surface area (TPSA) is 78.7 Å². The summed E-state index contributed by atoms with van der Waals surface area (Å²) >= 11 is 0. The number of carbonyl (C=O) groups is 2. The number of hydrogen-bond donors (Lipinski definition) is 2. The maximum Gasteiger partial charge on any atom is 0.250 e. The van der Waals surface area contributed by atoms with Crippen LogP contribution in [0.1, 0.15) is 43.5 Å². The second kappa shape index (κ2) is 8.34. The van der Waals surface area contributed by atoms with Crippen LogP contribution in [0.15, 0.2) is 18.2 Å². The van der Waals surface area contributed by atoms with Crippen LogP contribution in [0.4, 0.5) is 11.4 Å². The second-order valence-electron chi connectivity index (χ2n) is 7.29. The monoisotopic (exact) mass is 346 g/mol. The molecule has 1 atom stereocenters. The number of primary amides is 1. The average molecular weight is 346 g/mol. The van der Waals surface area contributed by atoms with Crippen molar-refractivity contribution >= 4 is 23.2 Å². The first-order valence-corrected chi connectivity index (χ1v) is 8.97. The lowest BCUT2D eigenvalue weighted by Gasteiger charge is -2.31. The molecule has 3 N–H and O–H groups in total. The zero-order valence-corrected chi connectivity index (χ0v) is 15.7. The predicted octanol–water partition coefficient (Wildman–Crippen LogP) is 2.30. The number of benzene rings is 1. The number of carbonyl (C=O) groups excluding carboxylic acids is 2. The first kappa shape index (κ1) is 19.2. The van der Waals surface area contributed by atoms with Gasteiger partial charge in [-0.15, -0.1) is 0 Å². The number of nitrogens with zero attached hydrogens (tertiary/aromatic N) is 2. The van der Waals surface area contributed by atoms with Crippen molar-refractivity contribution in [1.29, 1.82) is 0 Å². The van der Waals surface area contributed by atoms with E-state index in [1.54, 1.807) is 12.1 Å². The highest BCUT2D eigenvalue weighted by atomic mass is 16.2. The fraction of sp³-hybridized carbons (Fsp3) is 0.579. The Morgan fingerprint density at radius 1 is 1.16 bits per heavy atom. The van der Waals surface area contributed by atoms with E-state index in [0.29, 0.717) is 11.3 Å². The minimum atomic E-state index is -0.438. The molecular weight excluding hydrogens is 316 g/mol. The fourth-order valence-corrected chi connectivity index (χ4v) is 3.56. The van der Waals surface area contributed by atoms with Crippen molar-refractivity contribution in [2.45, 2.75) is 39.2 Å². The van der Waals surface area contributed by atoms with Crippen LogP contribution in [0.2, 0.25) is 0 Å². The van der Waals surface area contributed by atoms with Crippen molar-refractivity contribution in [1.82, 2.24) is 4.90 Å². The largest absolute Gasteiger partial charge is 0.371 e. The van der Waals surface area contributed by atoms with Gasteiger partial charge in [0, 0.05) is 18.8 Å². The number of nitrogens with two attached hydrogens (primary N) is 1. The molecule has 1 heterocycles. The van der Waals surface area contributed by atoms with Gasteiger partial charge in [0.25, 0.3) is 5.91 Å². The SMILES string of the molecule is CC(C)[C@@H](C(=O)Nc1ccc(C(N)=O)c(N2CCCCC2)c1)N(C)C. The highest BCUT2D eigenvalue weighted by molar-refractivity contribution is 6.01. The molecule has 1 aromatic carbocycles. The molecule has 0 unspecified atom stereocenters. The van der Waals surface area contributed by atoms with Gasteiger partial charge < -0.3 is 16.0 Å². The lowest BCUT2D eigenvalue weighted by Crippen LogP contribution is -2.43. The third kappa shape index (κ3) is 4.72. The van der Waals surface area contributed by atoms with Gasteiger partial charge in [-0.3, -0.25) is 14.5 Å². The number of rotatable bonds is 6. The van der Waals surface area contributed by atoms with Gasteiger partial charge >= 0.3 is 0 Å². The summed E-state index contributed by atoms with van der Waals surface area (Å²) in [7, 11) is 3.80. The lowest BCUT2D eigenvalue weighted by molar-refractivity contribution is -0.121. The van der Waals surface area contributed by atoms with E-state index in [1.807, 2.05) is 38.9 Å². The number of likely N-dealkylation sites (N-methyl/N-ethyl adjacent to an activating group) is 1. The normalized spacial score (nSPS) is 16.2. The van der Waals surface area contributed by atoms with E-state index >= 15 is 0 Å². The fourth-order valence-electron chi connectivity index (χ4n) is 3.56. The maximum absolute atomic E-state index is 12.6. The highest BCUT2D eigenvalue weighted by Gasteiger charge is 2.25. The smallest absolute Gasteiger partial charge is 0.250 e. The molecule has 0 aliphatic carbocycles. The molecule has 25 heavy (non-hydrogen) atoms. The molecule has 0 bridgehead atoms. The van der Waals surface area contributed by atoms with Gasteiger partial charge in [-0.25, -0.2) is 0 Å². The quantitative estimate of drug-likeness (QED) is 0.828. The van der Waals surface area contributed by atoms with Crippen molar-refractivity contribution in [3.05, 3.63) is 23.8 Å². The zero-order chi connectivity index (χ0) is 18.6. The summed E-state index contributed by atoms with van der Waals surface area (Å²) in [5.41, 5.74) is 7.56. The molecule has 138 valence electrons. The molecule has 2 rings (SSSR count). The summed E-state index contributed by atoms with van der Waals surface area (Å²) < 4.78 is 0. The Morgan fingerprint density at radius 2 is 1.80 bits per heavy atom. The Bertz CT molecular complexity index is 614. The van der Waals surface area contributed by atoms with Gasteiger partial charge in [-0.2, -0.15) is 0 Å². The van der Waals surface area contributed by atoms with Gasteiger partial charge in [0.2, 0.25) is 5.91 Å². The van der Waals surface area contributed by atoms with Crippen LogP contribution in [0.5, 0.6) is 0 Å². The number of nitrogens with one attached hydrogen (secondary N) is 1. The third-order valence-corrected chi connectivity index (χ3v) is 4.68. The van der Waals surface area contributed by atoms with E-state index in [4.69, 9.17) is 5.73 Å². The van der Waals surface area contributed by atoms with Gasteiger partial charge in [0.15, 0.2) is 0 Å². The molecule has 0 radical (unpaired) electrons. The van der Waals surface area contributed by atoms with Crippen LogP contribution in [0.25, 0.3) is 0 Å². The molecule has 1 saturated heterocycles. The molecule has 0 spiro atoms. The molecular formula is C19H30N4O2. The van der Waals surface area contributed by atoms with Crippen LogP contribution in [-0.2, 0) is 4.79 Å². The van der Waals surface area contributed by atoms with Crippen molar-refractivity contribution in [3.8, 4) is 0 Å². The Morgan fingerprint density at radius 3 is 2.32 bits per heavy atom. The van der Waals surface area contributed by atoms with E-state index < -0.39 is 5.91 Å².